The van der Waals surface area contributed by atoms with Gasteiger partial charge >= 0.3 is 0 Å². The highest BCUT2D eigenvalue weighted by molar-refractivity contribution is 6.40. The van der Waals surface area contributed by atoms with Gasteiger partial charge in [0, 0.05) is 11.8 Å². The number of rotatable bonds is 3. The van der Waals surface area contributed by atoms with Crippen molar-refractivity contribution in [2.24, 2.45) is 0 Å². The summed E-state index contributed by atoms with van der Waals surface area (Å²) >= 11 is 18.3. The number of nitrogen functional groups attached to an aromatic ring is 1. The zero-order chi connectivity index (χ0) is 14.0. The molecule has 0 heterocycles. The summed E-state index contributed by atoms with van der Waals surface area (Å²) in [6.07, 6.45) is 0. The van der Waals surface area contributed by atoms with E-state index in [-0.39, 0.29) is 0 Å². The summed E-state index contributed by atoms with van der Waals surface area (Å²) < 4.78 is 5.14. The third-order valence-electron chi connectivity index (χ3n) is 2.50. The Morgan fingerprint density at radius 1 is 1.00 bits per heavy atom. The van der Waals surface area contributed by atoms with Crippen LogP contribution < -0.4 is 15.8 Å². The van der Waals surface area contributed by atoms with E-state index >= 15 is 0 Å². The van der Waals surface area contributed by atoms with Crippen LogP contribution in [-0.4, -0.2) is 7.11 Å². The third-order valence-corrected chi connectivity index (χ3v) is 3.42. The lowest BCUT2D eigenvalue weighted by atomic mass is 10.2. The van der Waals surface area contributed by atoms with Gasteiger partial charge in [0.05, 0.1) is 33.6 Å². The van der Waals surface area contributed by atoms with Crippen molar-refractivity contribution in [3.8, 4) is 5.75 Å². The highest BCUT2D eigenvalue weighted by atomic mass is 35.5. The van der Waals surface area contributed by atoms with Crippen LogP contribution >= 0.6 is 34.8 Å². The summed E-state index contributed by atoms with van der Waals surface area (Å²) in [6, 6.07) is 8.47. The van der Waals surface area contributed by atoms with Gasteiger partial charge in [-0.05, 0) is 24.3 Å². The highest BCUT2D eigenvalue weighted by Crippen LogP contribution is 2.37. The number of benzene rings is 2. The van der Waals surface area contributed by atoms with Crippen LogP contribution in [0.4, 0.5) is 17.1 Å². The molecule has 2 aromatic rings. The second-order valence-corrected chi connectivity index (χ2v) is 5.05. The molecule has 0 aromatic heterocycles. The second-order valence-electron chi connectivity index (χ2n) is 3.83. The Balaban J connectivity index is 2.41. The molecule has 19 heavy (non-hydrogen) atoms. The largest absolute Gasteiger partial charge is 0.497 e. The average molecular weight is 318 g/mol. The first-order chi connectivity index (χ1) is 9.01. The van der Waals surface area contributed by atoms with Gasteiger partial charge in [-0.1, -0.05) is 34.8 Å². The van der Waals surface area contributed by atoms with Crippen molar-refractivity contribution < 1.29 is 4.74 Å². The minimum Gasteiger partial charge on any atom is -0.497 e. The number of nitrogens with two attached hydrogens (primary N) is 1. The van der Waals surface area contributed by atoms with Crippen LogP contribution in [0.25, 0.3) is 0 Å². The van der Waals surface area contributed by atoms with Gasteiger partial charge in [0.2, 0.25) is 0 Å². The van der Waals surface area contributed by atoms with Crippen molar-refractivity contribution >= 4 is 51.9 Å². The summed E-state index contributed by atoms with van der Waals surface area (Å²) in [6.45, 7) is 0. The van der Waals surface area contributed by atoms with E-state index in [2.05, 4.69) is 5.32 Å². The zero-order valence-electron chi connectivity index (χ0n) is 10.0. The molecule has 3 N–H and O–H groups in total. The highest BCUT2D eigenvalue weighted by Gasteiger charge is 2.10. The van der Waals surface area contributed by atoms with E-state index in [0.717, 1.165) is 0 Å². The number of hydrogen-bond acceptors (Lipinski definition) is 3. The van der Waals surface area contributed by atoms with Crippen LogP contribution in [0.2, 0.25) is 15.1 Å². The topological polar surface area (TPSA) is 47.3 Å². The minimum absolute atomic E-state index is 0.420. The van der Waals surface area contributed by atoms with E-state index in [9.17, 15) is 0 Å². The molecule has 0 saturated heterocycles. The maximum Gasteiger partial charge on any atom is 0.121 e. The van der Waals surface area contributed by atoms with E-state index in [0.29, 0.717) is 37.9 Å². The zero-order valence-corrected chi connectivity index (χ0v) is 12.3. The summed E-state index contributed by atoms with van der Waals surface area (Å²) in [4.78, 5) is 0. The Morgan fingerprint density at radius 2 is 1.63 bits per heavy atom. The lowest BCUT2D eigenvalue weighted by molar-refractivity contribution is 0.415. The number of anilines is 3. The van der Waals surface area contributed by atoms with Gasteiger partial charge in [0.25, 0.3) is 0 Å². The van der Waals surface area contributed by atoms with Crippen molar-refractivity contribution in [1.82, 2.24) is 0 Å². The third kappa shape index (κ3) is 3.18. The molecule has 0 bridgehead atoms. The Labute approximate surface area is 126 Å². The number of nitrogens with one attached hydrogen (secondary N) is 1. The standard InChI is InChI=1S/C13H11Cl3N2O/c1-19-8-2-3-9(14)12(6-8)18-13-10(15)4-7(17)5-11(13)16/h2-6,18H,17H2,1H3. The molecule has 0 radical (unpaired) electrons. The van der Waals surface area contributed by atoms with Crippen molar-refractivity contribution in [2.45, 2.75) is 0 Å². The minimum atomic E-state index is 0.420. The van der Waals surface area contributed by atoms with Crippen LogP contribution in [0.5, 0.6) is 5.75 Å². The van der Waals surface area contributed by atoms with Crippen molar-refractivity contribution in [1.29, 1.82) is 0 Å². The van der Waals surface area contributed by atoms with Crippen LogP contribution in [0.1, 0.15) is 0 Å². The van der Waals surface area contributed by atoms with E-state index in [4.69, 9.17) is 45.3 Å². The fourth-order valence-corrected chi connectivity index (χ4v) is 2.34. The van der Waals surface area contributed by atoms with Gasteiger partial charge in [-0.25, -0.2) is 0 Å². The van der Waals surface area contributed by atoms with E-state index in [1.54, 1.807) is 37.4 Å². The van der Waals surface area contributed by atoms with Crippen molar-refractivity contribution in [3.05, 3.63) is 45.4 Å². The molecule has 0 saturated carbocycles. The van der Waals surface area contributed by atoms with E-state index in [1.165, 1.54) is 0 Å². The molecule has 0 unspecified atom stereocenters. The lowest BCUT2D eigenvalue weighted by Gasteiger charge is -2.13. The number of hydrogen-bond donors (Lipinski definition) is 2. The molecule has 2 rings (SSSR count). The summed E-state index contributed by atoms with van der Waals surface area (Å²) in [7, 11) is 1.58. The van der Waals surface area contributed by atoms with Gasteiger partial charge < -0.3 is 15.8 Å². The first-order valence-corrected chi connectivity index (χ1v) is 6.49. The molecule has 6 heteroatoms. The van der Waals surface area contributed by atoms with Gasteiger partial charge in [-0.15, -0.1) is 0 Å². The van der Waals surface area contributed by atoms with E-state index in [1.807, 2.05) is 0 Å². The first kappa shape index (κ1) is 14.1. The SMILES string of the molecule is COc1ccc(Cl)c(Nc2c(Cl)cc(N)cc2Cl)c1. The fourth-order valence-electron chi connectivity index (χ4n) is 1.57. The second kappa shape index (κ2) is 5.78. The summed E-state index contributed by atoms with van der Waals surface area (Å²) in [5.41, 5.74) is 7.35. The van der Waals surface area contributed by atoms with Crippen molar-refractivity contribution in [3.63, 3.8) is 0 Å². The van der Waals surface area contributed by atoms with Gasteiger partial charge in [0.15, 0.2) is 0 Å². The molecule has 0 aliphatic carbocycles. The molecule has 3 nitrogen and oxygen atoms in total. The molecule has 0 fully saturated rings. The van der Waals surface area contributed by atoms with Crippen LogP contribution in [-0.2, 0) is 0 Å². The normalized spacial score (nSPS) is 10.3. The van der Waals surface area contributed by atoms with Gasteiger partial charge in [0.1, 0.15) is 5.75 Å². The van der Waals surface area contributed by atoms with Crippen LogP contribution in [0.15, 0.2) is 30.3 Å². The van der Waals surface area contributed by atoms with Crippen molar-refractivity contribution in [2.75, 3.05) is 18.2 Å². The summed E-state index contributed by atoms with van der Waals surface area (Å²) in [5, 5.41) is 4.45. The van der Waals surface area contributed by atoms with Crippen LogP contribution in [0, 0.1) is 0 Å². The summed E-state index contributed by atoms with van der Waals surface area (Å²) in [5.74, 6) is 0.676. The quantitative estimate of drug-likeness (QED) is 0.785. The van der Waals surface area contributed by atoms with Crippen LogP contribution in [0.3, 0.4) is 0 Å². The molecule has 0 amide bonds. The Kier molecular flexibility index (Phi) is 4.30. The lowest BCUT2D eigenvalue weighted by Crippen LogP contribution is -1.96. The Bertz CT molecular complexity index is 594. The molecule has 0 spiro atoms. The molecule has 0 aliphatic heterocycles. The fraction of sp³-hybridized carbons (Fsp3) is 0.0769. The predicted octanol–water partition coefficient (Wildman–Crippen LogP) is 4.98. The predicted molar refractivity (Wildman–Crippen MR) is 82.2 cm³/mol. The average Bonchev–Trinajstić information content (AvgIpc) is 2.35. The molecule has 0 aliphatic rings. The molecule has 100 valence electrons. The smallest absolute Gasteiger partial charge is 0.121 e. The number of ether oxygens (including phenoxy) is 1. The Morgan fingerprint density at radius 3 is 2.21 bits per heavy atom. The molecule has 2 aromatic carbocycles. The molecule has 0 atom stereocenters. The number of methoxy groups -OCH3 is 1. The maximum absolute atomic E-state index is 6.11. The van der Waals surface area contributed by atoms with E-state index < -0.39 is 0 Å². The number of halogens is 3. The van der Waals surface area contributed by atoms with Gasteiger partial charge in [-0.3, -0.25) is 0 Å². The molecular weight excluding hydrogens is 307 g/mol. The maximum atomic E-state index is 6.11. The Hall–Kier alpha value is -1.29. The first-order valence-electron chi connectivity index (χ1n) is 5.36. The monoisotopic (exact) mass is 316 g/mol. The molecular formula is C13H11Cl3N2O. The van der Waals surface area contributed by atoms with Gasteiger partial charge in [-0.2, -0.15) is 0 Å².